The fourth-order valence-electron chi connectivity index (χ4n) is 4.62. The lowest BCUT2D eigenvalue weighted by molar-refractivity contribution is -0.119. The molecule has 2 aliphatic heterocycles. The minimum Gasteiger partial charge on any atom is -0.442 e. The van der Waals surface area contributed by atoms with Crippen LogP contribution < -0.4 is 15.1 Å². The SMILES string of the molecule is CC(=O)NC[C@H]1CN(c2ccc(N3CCN(Cc4cc(-c5ccc(C#N)cc5)no4)CC3)c(F)c2)C(=O)O1. The lowest BCUT2D eigenvalue weighted by Gasteiger charge is -2.35. The predicted molar refractivity (Wildman–Crippen MR) is 137 cm³/mol. The highest BCUT2D eigenvalue weighted by Crippen LogP contribution is 2.29. The number of cyclic esters (lactones) is 1. The molecule has 1 aromatic heterocycles. The number of piperazine rings is 1. The minimum absolute atomic E-state index is 0.205. The fourth-order valence-corrected chi connectivity index (χ4v) is 4.62. The van der Waals surface area contributed by atoms with Gasteiger partial charge in [0.15, 0.2) is 5.76 Å². The quantitative estimate of drug-likeness (QED) is 0.507. The second kappa shape index (κ2) is 10.9. The summed E-state index contributed by atoms with van der Waals surface area (Å²) in [6, 6.07) is 15.9. The normalized spacial score (nSPS) is 17.8. The number of ether oxygens (including phenoxy) is 1. The molecule has 3 aromatic rings. The van der Waals surface area contributed by atoms with Crippen LogP contribution in [-0.4, -0.2) is 67.4 Å². The Labute approximate surface area is 219 Å². The summed E-state index contributed by atoms with van der Waals surface area (Å²) in [4.78, 5) is 28.9. The molecule has 10 nitrogen and oxygen atoms in total. The van der Waals surface area contributed by atoms with Gasteiger partial charge in [0.25, 0.3) is 0 Å². The first-order valence-corrected chi connectivity index (χ1v) is 12.3. The molecule has 2 saturated heterocycles. The molecule has 1 N–H and O–H groups in total. The highest BCUT2D eigenvalue weighted by Gasteiger charge is 2.33. The number of carbonyl (C=O) groups excluding carboxylic acids is 2. The van der Waals surface area contributed by atoms with Crippen molar-refractivity contribution in [3.8, 4) is 17.3 Å². The largest absolute Gasteiger partial charge is 0.442 e. The first kappa shape index (κ1) is 25.2. The van der Waals surface area contributed by atoms with Gasteiger partial charge in [-0.25, -0.2) is 9.18 Å². The van der Waals surface area contributed by atoms with Gasteiger partial charge in [-0.1, -0.05) is 17.3 Å². The van der Waals surface area contributed by atoms with Crippen LogP contribution in [0, 0.1) is 17.1 Å². The molecule has 5 rings (SSSR count). The Balaban J connectivity index is 1.15. The van der Waals surface area contributed by atoms with Crippen molar-refractivity contribution in [1.29, 1.82) is 5.26 Å². The number of anilines is 2. The van der Waals surface area contributed by atoms with Gasteiger partial charge in [0, 0.05) is 44.7 Å². The van der Waals surface area contributed by atoms with Gasteiger partial charge in [-0.3, -0.25) is 14.6 Å². The Morgan fingerprint density at radius 2 is 1.92 bits per heavy atom. The van der Waals surface area contributed by atoms with Crippen LogP contribution in [0.3, 0.4) is 0 Å². The number of hydrogen-bond acceptors (Lipinski definition) is 8. The van der Waals surface area contributed by atoms with Gasteiger partial charge in [0.2, 0.25) is 5.91 Å². The van der Waals surface area contributed by atoms with Gasteiger partial charge >= 0.3 is 6.09 Å². The minimum atomic E-state index is -0.559. The molecular formula is C27H27FN6O4. The number of nitrogens with one attached hydrogen (secondary N) is 1. The Hall–Kier alpha value is -4.43. The van der Waals surface area contributed by atoms with E-state index in [0.717, 1.165) is 24.4 Å². The maximum atomic E-state index is 15.1. The smallest absolute Gasteiger partial charge is 0.414 e. The van der Waals surface area contributed by atoms with Crippen molar-refractivity contribution in [1.82, 2.24) is 15.4 Å². The molecule has 2 aliphatic rings. The van der Waals surface area contributed by atoms with Crippen LogP contribution in [0.1, 0.15) is 18.2 Å². The molecule has 2 amide bonds. The number of nitriles is 1. The monoisotopic (exact) mass is 518 g/mol. The predicted octanol–water partition coefficient (Wildman–Crippen LogP) is 3.14. The molecule has 1 atom stereocenters. The standard InChI is InChI=1S/C27H27FN6O4/c1-18(35)30-15-23-17-34(27(36)37-23)21-6-7-26(24(28)12-21)33-10-8-32(9-11-33)16-22-13-25(31-38-22)20-4-2-19(14-29)3-5-20/h2-7,12-13,23H,8-11,15-17H2,1H3,(H,30,35)/t23-/m0/s1. The van der Waals surface area contributed by atoms with Crippen LogP contribution in [-0.2, 0) is 16.1 Å². The lowest BCUT2D eigenvalue weighted by Crippen LogP contribution is -2.46. The molecule has 0 unspecified atom stereocenters. The summed E-state index contributed by atoms with van der Waals surface area (Å²) in [7, 11) is 0. The lowest BCUT2D eigenvalue weighted by atomic mass is 10.1. The second-order valence-electron chi connectivity index (χ2n) is 9.32. The van der Waals surface area contributed by atoms with Gasteiger partial charge in [0.1, 0.15) is 17.6 Å². The number of aromatic nitrogens is 1. The Morgan fingerprint density at radius 1 is 1.16 bits per heavy atom. The van der Waals surface area contributed by atoms with E-state index in [2.05, 4.69) is 21.4 Å². The van der Waals surface area contributed by atoms with Gasteiger partial charge < -0.3 is 19.5 Å². The maximum absolute atomic E-state index is 15.1. The number of halogens is 1. The zero-order valence-corrected chi connectivity index (χ0v) is 20.9. The number of hydrogen-bond donors (Lipinski definition) is 1. The second-order valence-corrected chi connectivity index (χ2v) is 9.32. The van der Waals surface area contributed by atoms with E-state index in [9.17, 15) is 9.59 Å². The molecular weight excluding hydrogens is 491 g/mol. The van der Waals surface area contributed by atoms with Crippen LogP contribution in [0.15, 0.2) is 53.1 Å². The van der Waals surface area contributed by atoms with Crippen molar-refractivity contribution < 1.29 is 23.2 Å². The first-order chi connectivity index (χ1) is 18.4. The van der Waals surface area contributed by atoms with E-state index in [4.69, 9.17) is 14.5 Å². The van der Waals surface area contributed by atoms with Gasteiger partial charge in [-0.05, 0) is 30.3 Å². The van der Waals surface area contributed by atoms with E-state index in [1.165, 1.54) is 17.9 Å². The summed E-state index contributed by atoms with van der Waals surface area (Å²) in [6.45, 7) is 5.16. The van der Waals surface area contributed by atoms with Gasteiger partial charge in [0.05, 0.1) is 42.6 Å². The van der Waals surface area contributed by atoms with Crippen molar-refractivity contribution in [3.05, 3.63) is 65.7 Å². The van der Waals surface area contributed by atoms with Crippen LogP contribution in [0.25, 0.3) is 11.3 Å². The molecule has 0 radical (unpaired) electrons. The molecule has 0 spiro atoms. The zero-order valence-electron chi connectivity index (χ0n) is 20.9. The van der Waals surface area contributed by atoms with Crippen molar-refractivity contribution in [2.45, 2.75) is 19.6 Å². The number of carbonyl (C=O) groups is 2. The number of nitrogens with zero attached hydrogens (tertiary/aromatic N) is 5. The first-order valence-electron chi connectivity index (χ1n) is 12.3. The van der Waals surface area contributed by atoms with Crippen molar-refractivity contribution in [3.63, 3.8) is 0 Å². The van der Waals surface area contributed by atoms with Crippen LogP contribution in [0.5, 0.6) is 0 Å². The van der Waals surface area contributed by atoms with E-state index >= 15 is 4.39 Å². The summed E-state index contributed by atoms with van der Waals surface area (Å²) in [6.07, 6.45) is -1.04. The third kappa shape index (κ3) is 5.60. The van der Waals surface area contributed by atoms with E-state index < -0.39 is 18.0 Å². The third-order valence-corrected chi connectivity index (χ3v) is 6.66. The van der Waals surface area contributed by atoms with E-state index in [1.807, 2.05) is 23.1 Å². The van der Waals surface area contributed by atoms with Crippen LogP contribution >= 0.6 is 0 Å². The topological polar surface area (TPSA) is 115 Å². The van der Waals surface area contributed by atoms with E-state index in [1.54, 1.807) is 24.3 Å². The molecule has 38 heavy (non-hydrogen) atoms. The summed E-state index contributed by atoms with van der Waals surface area (Å²) in [5.74, 6) is 0.127. The van der Waals surface area contributed by atoms with Crippen molar-refractivity contribution in [2.24, 2.45) is 0 Å². The molecule has 2 aromatic carbocycles. The molecule has 3 heterocycles. The molecule has 196 valence electrons. The van der Waals surface area contributed by atoms with Crippen molar-refractivity contribution in [2.75, 3.05) is 49.1 Å². The van der Waals surface area contributed by atoms with Crippen LogP contribution in [0.2, 0.25) is 0 Å². The molecule has 0 aliphatic carbocycles. The summed E-state index contributed by atoms with van der Waals surface area (Å²) in [5.41, 5.74) is 3.09. The zero-order chi connectivity index (χ0) is 26.6. The van der Waals surface area contributed by atoms with E-state index in [0.29, 0.717) is 42.3 Å². The highest BCUT2D eigenvalue weighted by atomic mass is 19.1. The average Bonchev–Trinajstić information content (AvgIpc) is 3.54. The number of benzene rings is 2. The molecule has 0 saturated carbocycles. The van der Waals surface area contributed by atoms with Gasteiger partial charge in [-0.2, -0.15) is 5.26 Å². The Kier molecular flexibility index (Phi) is 7.24. The Bertz CT molecular complexity index is 1360. The fraction of sp³-hybridized carbons (Fsp3) is 0.333. The van der Waals surface area contributed by atoms with Gasteiger partial charge in [-0.15, -0.1) is 0 Å². The Morgan fingerprint density at radius 3 is 2.61 bits per heavy atom. The summed E-state index contributed by atoms with van der Waals surface area (Å²) in [5, 5.41) is 15.7. The molecule has 2 fully saturated rings. The number of amides is 2. The molecule has 0 bridgehead atoms. The highest BCUT2D eigenvalue weighted by molar-refractivity contribution is 5.90. The average molecular weight is 519 g/mol. The van der Waals surface area contributed by atoms with E-state index in [-0.39, 0.29) is 19.0 Å². The van der Waals surface area contributed by atoms with Crippen LogP contribution in [0.4, 0.5) is 20.6 Å². The maximum Gasteiger partial charge on any atom is 0.414 e. The molecule has 11 heteroatoms. The van der Waals surface area contributed by atoms with Crippen molar-refractivity contribution >= 4 is 23.4 Å². The summed E-state index contributed by atoms with van der Waals surface area (Å²) < 4.78 is 25.9. The summed E-state index contributed by atoms with van der Waals surface area (Å²) >= 11 is 0. The third-order valence-electron chi connectivity index (χ3n) is 6.66. The number of rotatable bonds is 7.